The van der Waals surface area contributed by atoms with Crippen LogP contribution in [0.1, 0.15) is 21.5 Å². The standard InChI is InChI=1S/C11H15NO2/c1-7-4-9(10(13)6-12)5-8(2)11(7)14-3/h4-5H,6,12H2,1-3H3. The number of Topliss-reactive ketones (excluding diaryl/α,β-unsaturated/α-hetero) is 1. The number of methoxy groups -OCH3 is 1. The Hall–Kier alpha value is -1.35. The van der Waals surface area contributed by atoms with Gasteiger partial charge in [0.25, 0.3) is 0 Å². The van der Waals surface area contributed by atoms with Crippen molar-refractivity contribution in [2.45, 2.75) is 13.8 Å². The summed E-state index contributed by atoms with van der Waals surface area (Å²) in [5.74, 6) is 0.789. The maximum Gasteiger partial charge on any atom is 0.176 e. The van der Waals surface area contributed by atoms with Gasteiger partial charge < -0.3 is 10.5 Å². The minimum Gasteiger partial charge on any atom is -0.496 e. The molecule has 0 fully saturated rings. The number of hydrogen-bond acceptors (Lipinski definition) is 3. The third kappa shape index (κ3) is 1.93. The Labute approximate surface area is 83.9 Å². The largest absolute Gasteiger partial charge is 0.496 e. The Morgan fingerprint density at radius 1 is 1.36 bits per heavy atom. The zero-order valence-electron chi connectivity index (χ0n) is 8.76. The zero-order valence-corrected chi connectivity index (χ0v) is 8.76. The maximum atomic E-state index is 11.4. The summed E-state index contributed by atoms with van der Waals surface area (Å²) >= 11 is 0. The van der Waals surface area contributed by atoms with E-state index in [0.29, 0.717) is 5.56 Å². The van der Waals surface area contributed by atoms with Crippen LogP contribution in [0.4, 0.5) is 0 Å². The molecule has 0 aliphatic heterocycles. The van der Waals surface area contributed by atoms with E-state index in [2.05, 4.69) is 0 Å². The van der Waals surface area contributed by atoms with Gasteiger partial charge in [0.2, 0.25) is 0 Å². The van der Waals surface area contributed by atoms with Crippen molar-refractivity contribution in [2.24, 2.45) is 5.73 Å². The first kappa shape index (κ1) is 10.7. The van der Waals surface area contributed by atoms with Gasteiger partial charge in [-0.15, -0.1) is 0 Å². The van der Waals surface area contributed by atoms with E-state index in [1.165, 1.54) is 0 Å². The number of ketones is 1. The molecule has 76 valence electrons. The summed E-state index contributed by atoms with van der Waals surface area (Å²) in [6.45, 7) is 3.88. The summed E-state index contributed by atoms with van der Waals surface area (Å²) in [7, 11) is 1.62. The molecule has 3 nitrogen and oxygen atoms in total. The molecule has 14 heavy (non-hydrogen) atoms. The maximum absolute atomic E-state index is 11.4. The minimum absolute atomic E-state index is 0.0427. The highest BCUT2D eigenvalue weighted by atomic mass is 16.5. The van der Waals surface area contributed by atoms with E-state index in [-0.39, 0.29) is 12.3 Å². The summed E-state index contributed by atoms with van der Waals surface area (Å²) < 4.78 is 5.20. The van der Waals surface area contributed by atoms with Crippen LogP contribution in [0.2, 0.25) is 0 Å². The highest BCUT2D eigenvalue weighted by Gasteiger charge is 2.09. The Morgan fingerprint density at radius 2 is 1.86 bits per heavy atom. The number of carbonyl (C=O) groups excluding carboxylic acids is 1. The summed E-state index contributed by atoms with van der Waals surface area (Å²) in [5.41, 5.74) is 7.87. The molecule has 0 aliphatic rings. The zero-order chi connectivity index (χ0) is 10.7. The van der Waals surface area contributed by atoms with Crippen molar-refractivity contribution in [1.82, 2.24) is 0 Å². The first-order chi connectivity index (χ1) is 6.60. The fourth-order valence-electron chi connectivity index (χ4n) is 1.55. The van der Waals surface area contributed by atoms with Gasteiger partial charge in [-0.1, -0.05) is 0 Å². The molecule has 0 saturated carbocycles. The number of carbonyl (C=O) groups is 1. The average Bonchev–Trinajstić information content (AvgIpc) is 2.16. The van der Waals surface area contributed by atoms with E-state index < -0.39 is 0 Å². The SMILES string of the molecule is COc1c(C)cc(C(=O)CN)cc1C. The molecule has 0 radical (unpaired) electrons. The van der Waals surface area contributed by atoms with E-state index in [1.807, 2.05) is 13.8 Å². The van der Waals surface area contributed by atoms with Crippen LogP contribution in [-0.4, -0.2) is 19.4 Å². The summed E-state index contributed by atoms with van der Waals surface area (Å²) in [4.78, 5) is 11.4. The Bertz CT molecular complexity index is 335. The molecule has 0 aromatic heterocycles. The van der Waals surface area contributed by atoms with Crippen molar-refractivity contribution in [3.63, 3.8) is 0 Å². The van der Waals surface area contributed by atoms with Crippen LogP contribution < -0.4 is 10.5 Å². The van der Waals surface area contributed by atoms with Crippen molar-refractivity contribution in [3.05, 3.63) is 28.8 Å². The smallest absolute Gasteiger partial charge is 0.176 e. The van der Waals surface area contributed by atoms with Crippen molar-refractivity contribution >= 4 is 5.78 Å². The molecule has 0 amide bonds. The second-order valence-corrected chi connectivity index (χ2v) is 3.27. The van der Waals surface area contributed by atoms with E-state index >= 15 is 0 Å². The average molecular weight is 193 g/mol. The van der Waals surface area contributed by atoms with Gasteiger partial charge in [0, 0.05) is 5.56 Å². The third-order valence-corrected chi connectivity index (χ3v) is 2.17. The molecule has 3 heteroatoms. The molecule has 1 aromatic rings. The molecule has 0 heterocycles. The first-order valence-electron chi connectivity index (χ1n) is 4.48. The molecular weight excluding hydrogens is 178 g/mol. The number of benzene rings is 1. The Balaban J connectivity index is 3.20. The molecule has 0 saturated heterocycles. The van der Waals surface area contributed by atoms with Crippen LogP contribution in [0, 0.1) is 13.8 Å². The number of hydrogen-bond donors (Lipinski definition) is 1. The summed E-state index contributed by atoms with van der Waals surface area (Å²) in [6, 6.07) is 3.61. The van der Waals surface area contributed by atoms with Crippen LogP contribution in [0.25, 0.3) is 0 Å². The molecule has 1 aromatic carbocycles. The molecule has 0 bridgehead atoms. The Kier molecular flexibility index (Phi) is 3.25. The predicted molar refractivity (Wildman–Crippen MR) is 55.9 cm³/mol. The van der Waals surface area contributed by atoms with Gasteiger partial charge in [0.15, 0.2) is 5.78 Å². The fourth-order valence-corrected chi connectivity index (χ4v) is 1.55. The van der Waals surface area contributed by atoms with E-state index in [9.17, 15) is 4.79 Å². The van der Waals surface area contributed by atoms with Crippen molar-refractivity contribution in [2.75, 3.05) is 13.7 Å². The number of rotatable bonds is 3. The van der Waals surface area contributed by atoms with Gasteiger partial charge in [-0.3, -0.25) is 4.79 Å². The van der Waals surface area contributed by atoms with Gasteiger partial charge in [0.1, 0.15) is 5.75 Å². The predicted octanol–water partition coefficient (Wildman–Crippen LogP) is 1.45. The van der Waals surface area contributed by atoms with Gasteiger partial charge in [-0.05, 0) is 37.1 Å². The highest BCUT2D eigenvalue weighted by molar-refractivity contribution is 5.98. The lowest BCUT2D eigenvalue weighted by molar-refractivity contribution is 0.100. The first-order valence-corrected chi connectivity index (χ1v) is 4.48. The van der Waals surface area contributed by atoms with Gasteiger partial charge >= 0.3 is 0 Å². The van der Waals surface area contributed by atoms with Crippen LogP contribution in [0.15, 0.2) is 12.1 Å². The molecule has 0 spiro atoms. The van der Waals surface area contributed by atoms with E-state index in [0.717, 1.165) is 16.9 Å². The number of nitrogens with two attached hydrogens (primary N) is 1. The third-order valence-electron chi connectivity index (χ3n) is 2.17. The Morgan fingerprint density at radius 3 is 2.21 bits per heavy atom. The van der Waals surface area contributed by atoms with Crippen molar-refractivity contribution in [3.8, 4) is 5.75 Å². The van der Waals surface area contributed by atoms with Crippen LogP contribution in [0.5, 0.6) is 5.75 Å². The lowest BCUT2D eigenvalue weighted by Crippen LogP contribution is -2.14. The van der Waals surface area contributed by atoms with E-state index in [4.69, 9.17) is 10.5 Å². The monoisotopic (exact) mass is 193 g/mol. The van der Waals surface area contributed by atoms with Crippen LogP contribution >= 0.6 is 0 Å². The number of ether oxygens (including phenoxy) is 1. The molecule has 2 N–H and O–H groups in total. The van der Waals surface area contributed by atoms with Gasteiger partial charge in [-0.2, -0.15) is 0 Å². The fraction of sp³-hybridized carbons (Fsp3) is 0.364. The highest BCUT2D eigenvalue weighted by Crippen LogP contribution is 2.24. The number of aryl methyl sites for hydroxylation is 2. The van der Waals surface area contributed by atoms with Gasteiger partial charge in [-0.25, -0.2) is 0 Å². The molecular formula is C11H15NO2. The summed E-state index contributed by atoms with van der Waals surface area (Å²) in [6.07, 6.45) is 0. The van der Waals surface area contributed by atoms with Gasteiger partial charge in [0.05, 0.1) is 13.7 Å². The second-order valence-electron chi connectivity index (χ2n) is 3.27. The lowest BCUT2D eigenvalue weighted by atomic mass is 10.0. The quantitative estimate of drug-likeness (QED) is 0.739. The molecule has 1 rings (SSSR count). The van der Waals surface area contributed by atoms with E-state index in [1.54, 1.807) is 19.2 Å². The summed E-state index contributed by atoms with van der Waals surface area (Å²) in [5, 5.41) is 0. The topological polar surface area (TPSA) is 52.3 Å². The molecule has 0 unspecified atom stereocenters. The van der Waals surface area contributed by atoms with Crippen molar-refractivity contribution < 1.29 is 9.53 Å². The minimum atomic E-state index is -0.0427. The van der Waals surface area contributed by atoms with Crippen LogP contribution in [0.3, 0.4) is 0 Å². The molecule has 0 atom stereocenters. The normalized spacial score (nSPS) is 10.0. The van der Waals surface area contributed by atoms with Crippen LogP contribution in [-0.2, 0) is 0 Å². The molecule has 0 aliphatic carbocycles. The van der Waals surface area contributed by atoms with Crippen molar-refractivity contribution in [1.29, 1.82) is 0 Å². The lowest BCUT2D eigenvalue weighted by Gasteiger charge is -2.10. The second kappa shape index (κ2) is 4.24.